The second-order valence-corrected chi connectivity index (χ2v) is 1.26. The van der Waals surface area contributed by atoms with Gasteiger partial charge >= 0.3 is 20.0 Å². The van der Waals surface area contributed by atoms with Gasteiger partial charge in [-0.3, -0.25) is 0 Å². The number of rotatable bonds is 1. The van der Waals surface area contributed by atoms with Crippen molar-refractivity contribution >= 4 is 16.2 Å². The zero-order valence-corrected chi connectivity index (χ0v) is 6.26. The van der Waals surface area contributed by atoms with Crippen molar-refractivity contribution < 1.29 is 8.91 Å². The van der Waals surface area contributed by atoms with Crippen LogP contribution in [0.15, 0.2) is 0 Å². The molecule has 7 heavy (non-hydrogen) atoms. The van der Waals surface area contributed by atoms with E-state index in [2.05, 4.69) is 0 Å². The van der Waals surface area contributed by atoms with E-state index >= 15 is 0 Å². The van der Waals surface area contributed by atoms with Gasteiger partial charge in [0, 0.05) is 0 Å². The van der Waals surface area contributed by atoms with Gasteiger partial charge in [0.2, 0.25) is 0 Å². The number of hydrogen-bond acceptors (Lipinski definition) is 2. The van der Waals surface area contributed by atoms with Crippen LogP contribution in [0.1, 0.15) is 20.3 Å². The van der Waals surface area contributed by atoms with Gasteiger partial charge in [0.05, 0.1) is 6.10 Å². The van der Waals surface area contributed by atoms with Gasteiger partial charge in [-0.05, 0) is 13.3 Å². The van der Waals surface area contributed by atoms with Crippen LogP contribution in [0.3, 0.4) is 0 Å². The molecular formula is C4H11AlO2. The fraction of sp³-hybridized carbons (Fsp3) is 1.00. The van der Waals surface area contributed by atoms with Crippen LogP contribution in [0.25, 0.3) is 0 Å². The summed E-state index contributed by atoms with van der Waals surface area (Å²) in [6.07, 6.45) is 0.745. The van der Waals surface area contributed by atoms with Gasteiger partial charge in [0.1, 0.15) is 0 Å². The Balaban J connectivity index is 0. The minimum atomic E-state index is -0.116. The summed E-state index contributed by atoms with van der Waals surface area (Å²) >= 11 is 0.611. The van der Waals surface area contributed by atoms with E-state index in [0.29, 0.717) is 16.2 Å². The molecule has 0 saturated heterocycles. The average Bonchev–Trinajstić information content (AvgIpc) is 1.73. The summed E-state index contributed by atoms with van der Waals surface area (Å²) in [5, 5.41) is 8.36. The standard InChI is InChI=1S/C4H10O.Al.O.H/c1-3-4(2)5;;;/h4-5H,3H2,1-2H3;;;. The summed E-state index contributed by atoms with van der Waals surface area (Å²) in [4.78, 5) is 0. The predicted octanol–water partition coefficient (Wildman–Crippen LogP) is 0.00990. The molecule has 2 nitrogen and oxygen atoms in total. The van der Waals surface area contributed by atoms with Crippen molar-refractivity contribution in [2.24, 2.45) is 0 Å². The topological polar surface area (TPSA) is 37.3 Å². The van der Waals surface area contributed by atoms with E-state index in [1.54, 1.807) is 6.92 Å². The molecule has 0 fully saturated rings. The molecule has 1 N–H and O–H groups in total. The van der Waals surface area contributed by atoms with Crippen molar-refractivity contribution in [3.8, 4) is 0 Å². The summed E-state index contributed by atoms with van der Waals surface area (Å²) in [7, 11) is 0. The van der Waals surface area contributed by atoms with E-state index in [9.17, 15) is 0 Å². The minimum absolute atomic E-state index is 0.116. The Morgan fingerprint density at radius 2 is 1.86 bits per heavy atom. The predicted molar refractivity (Wildman–Crippen MR) is 29.8 cm³/mol. The summed E-state index contributed by atoms with van der Waals surface area (Å²) < 4.78 is 8.28. The maximum atomic E-state index is 8.36. The summed E-state index contributed by atoms with van der Waals surface area (Å²) in [5.74, 6) is 0. The van der Waals surface area contributed by atoms with Gasteiger partial charge < -0.3 is 5.11 Å². The van der Waals surface area contributed by atoms with Gasteiger partial charge in [-0.25, -0.2) is 0 Å². The third-order valence-corrected chi connectivity index (χ3v) is 0.591. The normalized spacial score (nSPS) is 11.1. The SMILES string of the molecule is CCC(C)O.[O]=[AlH]. The molecule has 0 amide bonds. The van der Waals surface area contributed by atoms with Crippen LogP contribution in [0.2, 0.25) is 0 Å². The number of hydrogen-bond donors (Lipinski definition) is 1. The van der Waals surface area contributed by atoms with Gasteiger partial charge in [-0.2, -0.15) is 0 Å². The van der Waals surface area contributed by atoms with Crippen LogP contribution < -0.4 is 0 Å². The zero-order chi connectivity index (χ0) is 6.28. The summed E-state index contributed by atoms with van der Waals surface area (Å²) in [6, 6.07) is 0. The van der Waals surface area contributed by atoms with Gasteiger partial charge in [-0.1, -0.05) is 6.92 Å². The van der Waals surface area contributed by atoms with Crippen molar-refractivity contribution in [1.29, 1.82) is 0 Å². The molecule has 0 aromatic heterocycles. The van der Waals surface area contributed by atoms with E-state index in [0.717, 1.165) is 6.42 Å². The average molecular weight is 118 g/mol. The zero-order valence-electron chi connectivity index (χ0n) is 4.85. The molecule has 1 unspecified atom stereocenters. The fourth-order valence-corrected chi connectivity index (χ4v) is 0. The van der Waals surface area contributed by atoms with Crippen LogP contribution in [0.4, 0.5) is 0 Å². The monoisotopic (exact) mass is 118 g/mol. The molecule has 0 rings (SSSR count). The first kappa shape index (κ1) is 10.3. The van der Waals surface area contributed by atoms with E-state index in [1.165, 1.54) is 0 Å². The van der Waals surface area contributed by atoms with Crippen LogP contribution in [0, 0.1) is 0 Å². The van der Waals surface area contributed by atoms with E-state index in [1.807, 2.05) is 6.92 Å². The molecule has 0 spiro atoms. The Bertz CT molecular complexity index is 30.9. The van der Waals surface area contributed by atoms with Crippen molar-refractivity contribution in [3.63, 3.8) is 0 Å². The molecule has 42 valence electrons. The Morgan fingerprint density at radius 1 is 1.71 bits per heavy atom. The summed E-state index contributed by atoms with van der Waals surface area (Å²) in [5.41, 5.74) is 0. The summed E-state index contributed by atoms with van der Waals surface area (Å²) in [6.45, 7) is 3.73. The Kier molecular flexibility index (Phi) is 14.1. The third kappa shape index (κ3) is 22.1. The molecule has 0 aliphatic carbocycles. The van der Waals surface area contributed by atoms with E-state index in [4.69, 9.17) is 8.91 Å². The van der Waals surface area contributed by atoms with Gasteiger partial charge in [0.25, 0.3) is 0 Å². The molecule has 0 aliphatic rings. The van der Waals surface area contributed by atoms with Gasteiger partial charge in [0.15, 0.2) is 0 Å². The van der Waals surface area contributed by atoms with Crippen molar-refractivity contribution in [3.05, 3.63) is 0 Å². The molecule has 0 aromatic carbocycles. The molecule has 0 radical (unpaired) electrons. The molecule has 0 saturated carbocycles. The van der Waals surface area contributed by atoms with Crippen molar-refractivity contribution in [2.75, 3.05) is 0 Å². The molecule has 3 heteroatoms. The Labute approximate surface area is 52.2 Å². The molecular weight excluding hydrogens is 107 g/mol. The Morgan fingerprint density at radius 3 is 1.86 bits per heavy atom. The van der Waals surface area contributed by atoms with Crippen LogP contribution >= 0.6 is 0 Å². The maximum absolute atomic E-state index is 8.36. The van der Waals surface area contributed by atoms with Crippen LogP contribution in [-0.4, -0.2) is 27.4 Å². The first-order chi connectivity index (χ1) is 3.27. The molecule has 1 atom stereocenters. The van der Waals surface area contributed by atoms with E-state index in [-0.39, 0.29) is 6.10 Å². The van der Waals surface area contributed by atoms with Crippen LogP contribution in [0.5, 0.6) is 0 Å². The first-order valence-corrected chi connectivity index (χ1v) is 2.82. The quantitative estimate of drug-likeness (QED) is 0.492. The number of aliphatic hydroxyl groups is 1. The molecule has 0 bridgehead atoms. The second kappa shape index (κ2) is 9.57. The molecule has 0 aromatic rings. The third-order valence-electron chi connectivity index (χ3n) is 0.591. The molecule has 0 heterocycles. The Hall–Kier alpha value is 0.292. The second-order valence-electron chi connectivity index (χ2n) is 1.26. The van der Waals surface area contributed by atoms with Gasteiger partial charge in [-0.15, -0.1) is 0 Å². The fourth-order valence-electron chi connectivity index (χ4n) is 0. The van der Waals surface area contributed by atoms with Crippen LogP contribution in [-0.2, 0) is 3.80 Å². The van der Waals surface area contributed by atoms with Crippen molar-refractivity contribution in [1.82, 2.24) is 0 Å². The first-order valence-electron chi connectivity index (χ1n) is 2.24. The molecule has 0 aliphatic heterocycles. The number of aliphatic hydroxyl groups excluding tert-OH is 1. The van der Waals surface area contributed by atoms with E-state index < -0.39 is 0 Å². The van der Waals surface area contributed by atoms with Crippen molar-refractivity contribution in [2.45, 2.75) is 26.4 Å².